The second-order valence-electron chi connectivity index (χ2n) is 6.20. The summed E-state index contributed by atoms with van der Waals surface area (Å²) in [5, 5.41) is 11.5. The Kier molecular flexibility index (Phi) is 6.85. The number of ether oxygens (including phenoxy) is 1. The van der Waals surface area contributed by atoms with Crippen LogP contribution in [0.2, 0.25) is 0 Å². The Morgan fingerprint density at radius 1 is 1.07 bits per heavy atom. The Hall–Kier alpha value is -3.33. The third-order valence-corrected chi connectivity index (χ3v) is 4.99. The van der Waals surface area contributed by atoms with Gasteiger partial charge in [-0.05, 0) is 36.4 Å². The normalized spacial score (nSPS) is 10.5. The molecule has 0 aliphatic carbocycles. The first kappa shape index (κ1) is 20.4. The molecule has 29 heavy (non-hydrogen) atoms. The molecule has 9 heteroatoms. The molecule has 2 amide bonds. The molecule has 1 aromatic heterocycles. The molecule has 0 unspecified atom stereocenters. The second-order valence-corrected chi connectivity index (χ2v) is 7.14. The minimum atomic E-state index is -0.387. The van der Waals surface area contributed by atoms with Crippen molar-refractivity contribution >= 4 is 29.3 Å². The summed E-state index contributed by atoms with van der Waals surface area (Å²) in [5.41, 5.74) is 5.83. The van der Waals surface area contributed by atoms with Gasteiger partial charge in [-0.1, -0.05) is 30.0 Å². The lowest BCUT2D eigenvalue weighted by Crippen LogP contribution is -2.14. The highest BCUT2D eigenvalue weighted by molar-refractivity contribution is 7.99. The zero-order chi connectivity index (χ0) is 20.6. The number of nitrogens with one attached hydrogen (secondary N) is 1. The molecular formula is C20H21N5O3S. The Bertz CT molecular complexity index is 974. The predicted octanol–water partition coefficient (Wildman–Crippen LogP) is 2.76. The molecule has 0 bridgehead atoms. The number of nitrogens with zero attached hydrogens (tertiary/aromatic N) is 3. The first-order valence-electron chi connectivity index (χ1n) is 8.93. The quantitative estimate of drug-likeness (QED) is 0.524. The number of carbonyl (C=O) groups is 2. The highest BCUT2D eigenvalue weighted by atomic mass is 32.2. The Morgan fingerprint density at radius 2 is 1.76 bits per heavy atom. The van der Waals surface area contributed by atoms with Crippen LogP contribution in [-0.2, 0) is 23.1 Å². The molecule has 3 rings (SSSR count). The van der Waals surface area contributed by atoms with Crippen molar-refractivity contribution in [3.63, 3.8) is 0 Å². The van der Waals surface area contributed by atoms with Gasteiger partial charge in [-0.2, -0.15) is 0 Å². The van der Waals surface area contributed by atoms with E-state index in [1.807, 2.05) is 30.3 Å². The van der Waals surface area contributed by atoms with Crippen LogP contribution in [0.3, 0.4) is 0 Å². The standard InChI is InChI=1S/C20H21N5O3S/c1-25-18(12-11-17(21)26)23-24-20(25)29-13-19(27)22-14-7-9-16(10-8-14)28-15-5-3-2-4-6-15/h2-10H,11-13H2,1H3,(H2,21,26)(H,22,27). The van der Waals surface area contributed by atoms with Gasteiger partial charge < -0.3 is 20.4 Å². The highest BCUT2D eigenvalue weighted by Gasteiger charge is 2.12. The summed E-state index contributed by atoms with van der Waals surface area (Å²) in [7, 11) is 1.79. The fraction of sp³-hybridized carbons (Fsp3) is 0.200. The average Bonchev–Trinajstić information content (AvgIpc) is 3.07. The van der Waals surface area contributed by atoms with Gasteiger partial charge in [-0.15, -0.1) is 10.2 Å². The Labute approximate surface area is 172 Å². The number of para-hydroxylation sites is 1. The van der Waals surface area contributed by atoms with Gasteiger partial charge in [0.15, 0.2) is 5.16 Å². The van der Waals surface area contributed by atoms with E-state index in [9.17, 15) is 9.59 Å². The molecule has 0 saturated heterocycles. The number of aromatic nitrogens is 3. The van der Waals surface area contributed by atoms with E-state index >= 15 is 0 Å². The molecule has 0 radical (unpaired) electrons. The Balaban J connectivity index is 1.49. The second kappa shape index (κ2) is 9.74. The van der Waals surface area contributed by atoms with Crippen LogP contribution < -0.4 is 15.8 Å². The number of carbonyl (C=O) groups excluding carboxylic acids is 2. The van der Waals surface area contributed by atoms with E-state index in [4.69, 9.17) is 10.5 Å². The number of aryl methyl sites for hydroxylation is 1. The lowest BCUT2D eigenvalue weighted by molar-refractivity contribution is -0.118. The molecule has 1 heterocycles. The predicted molar refractivity (Wildman–Crippen MR) is 111 cm³/mol. The first-order chi connectivity index (χ1) is 14.0. The summed E-state index contributed by atoms with van der Waals surface area (Å²) in [5.74, 6) is 1.73. The SMILES string of the molecule is Cn1c(CCC(N)=O)nnc1SCC(=O)Nc1ccc(Oc2ccccc2)cc1. The van der Waals surface area contributed by atoms with Crippen LogP contribution in [0.1, 0.15) is 12.2 Å². The van der Waals surface area contributed by atoms with E-state index in [1.54, 1.807) is 35.9 Å². The van der Waals surface area contributed by atoms with Crippen molar-refractivity contribution in [3.8, 4) is 11.5 Å². The van der Waals surface area contributed by atoms with Crippen molar-refractivity contribution in [1.29, 1.82) is 0 Å². The average molecular weight is 411 g/mol. The smallest absolute Gasteiger partial charge is 0.234 e. The van der Waals surface area contributed by atoms with Crippen molar-refractivity contribution < 1.29 is 14.3 Å². The first-order valence-corrected chi connectivity index (χ1v) is 9.92. The minimum Gasteiger partial charge on any atom is -0.457 e. The van der Waals surface area contributed by atoms with Gasteiger partial charge in [0.2, 0.25) is 11.8 Å². The number of rotatable bonds is 9. The van der Waals surface area contributed by atoms with Gasteiger partial charge in [-0.25, -0.2) is 0 Å². The number of nitrogens with two attached hydrogens (primary N) is 1. The largest absolute Gasteiger partial charge is 0.457 e. The molecule has 0 spiro atoms. The van der Waals surface area contributed by atoms with Crippen LogP contribution in [0.5, 0.6) is 11.5 Å². The highest BCUT2D eigenvalue weighted by Crippen LogP contribution is 2.23. The number of benzene rings is 2. The summed E-state index contributed by atoms with van der Waals surface area (Å²) >= 11 is 1.27. The van der Waals surface area contributed by atoms with E-state index in [2.05, 4.69) is 15.5 Å². The lowest BCUT2D eigenvalue weighted by Gasteiger charge is -2.08. The monoisotopic (exact) mass is 411 g/mol. The zero-order valence-corrected chi connectivity index (χ0v) is 16.7. The molecular weight excluding hydrogens is 390 g/mol. The molecule has 150 valence electrons. The maximum Gasteiger partial charge on any atom is 0.234 e. The van der Waals surface area contributed by atoms with Crippen molar-refractivity contribution in [2.75, 3.05) is 11.1 Å². The molecule has 0 saturated carbocycles. The molecule has 3 N–H and O–H groups in total. The summed E-state index contributed by atoms with van der Waals surface area (Å²) < 4.78 is 7.49. The van der Waals surface area contributed by atoms with Gasteiger partial charge >= 0.3 is 0 Å². The molecule has 0 fully saturated rings. The number of amides is 2. The van der Waals surface area contributed by atoms with E-state index in [0.29, 0.717) is 28.8 Å². The maximum atomic E-state index is 12.2. The summed E-state index contributed by atoms with van der Waals surface area (Å²) in [6.45, 7) is 0. The Morgan fingerprint density at radius 3 is 2.45 bits per heavy atom. The number of thioether (sulfide) groups is 1. The van der Waals surface area contributed by atoms with E-state index in [0.717, 1.165) is 5.75 Å². The fourth-order valence-electron chi connectivity index (χ4n) is 2.48. The van der Waals surface area contributed by atoms with Crippen LogP contribution in [0.4, 0.5) is 5.69 Å². The van der Waals surface area contributed by atoms with Crippen LogP contribution >= 0.6 is 11.8 Å². The maximum absolute atomic E-state index is 12.2. The van der Waals surface area contributed by atoms with Crippen LogP contribution in [0, 0.1) is 0 Å². The summed E-state index contributed by atoms with van der Waals surface area (Å²) in [6.07, 6.45) is 0.629. The third kappa shape index (κ3) is 6.08. The van der Waals surface area contributed by atoms with Crippen LogP contribution in [0.15, 0.2) is 59.8 Å². The summed E-state index contributed by atoms with van der Waals surface area (Å²) in [6, 6.07) is 16.6. The molecule has 0 atom stereocenters. The van der Waals surface area contributed by atoms with Gasteiger partial charge in [0.1, 0.15) is 17.3 Å². The number of primary amides is 1. The van der Waals surface area contributed by atoms with Crippen molar-refractivity contribution in [3.05, 3.63) is 60.4 Å². The molecule has 0 aliphatic rings. The lowest BCUT2D eigenvalue weighted by atomic mass is 10.3. The summed E-state index contributed by atoms with van der Waals surface area (Å²) in [4.78, 5) is 23.1. The van der Waals surface area contributed by atoms with E-state index in [-0.39, 0.29) is 24.0 Å². The topological polar surface area (TPSA) is 112 Å². The van der Waals surface area contributed by atoms with E-state index in [1.165, 1.54) is 11.8 Å². The molecule has 3 aromatic rings. The molecule has 8 nitrogen and oxygen atoms in total. The fourth-order valence-corrected chi connectivity index (χ4v) is 3.21. The van der Waals surface area contributed by atoms with Crippen LogP contribution in [0.25, 0.3) is 0 Å². The van der Waals surface area contributed by atoms with Gasteiger partial charge in [-0.3, -0.25) is 9.59 Å². The van der Waals surface area contributed by atoms with Gasteiger partial charge in [0.05, 0.1) is 5.75 Å². The van der Waals surface area contributed by atoms with Crippen molar-refractivity contribution in [2.45, 2.75) is 18.0 Å². The van der Waals surface area contributed by atoms with Gasteiger partial charge in [0.25, 0.3) is 0 Å². The number of hydrogen-bond acceptors (Lipinski definition) is 6. The third-order valence-electron chi connectivity index (χ3n) is 3.97. The minimum absolute atomic E-state index is 0.159. The number of anilines is 1. The molecule has 2 aromatic carbocycles. The van der Waals surface area contributed by atoms with E-state index < -0.39 is 0 Å². The molecule has 0 aliphatic heterocycles. The zero-order valence-electron chi connectivity index (χ0n) is 15.9. The van der Waals surface area contributed by atoms with Crippen molar-refractivity contribution in [1.82, 2.24) is 14.8 Å². The van der Waals surface area contributed by atoms with Gasteiger partial charge in [0, 0.05) is 25.6 Å². The van der Waals surface area contributed by atoms with Crippen LogP contribution in [-0.4, -0.2) is 32.3 Å². The van der Waals surface area contributed by atoms with Crippen molar-refractivity contribution in [2.24, 2.45) is 12.8 Å². The number of hydrogen-bond donors (Lipinski definition) is 2.